The van der Waals surface area contributed by atoms with Crippen LogP contribution in [0.1, 0.15) is 24.5 Å². The van der Waals surface area contributed by atoms with Crippen LogP contribution in [0.2, 0.25) is 0 Å². The first-order chi connectivity index (χ1) is 13.1. The highest BCUT2D eigenvalue weighted by Gasteiger charge is 2.24. The monoisotopic (exact) mass is 468 g/mol. The summed E-state index contributed by atoms with van der Waals surface area (Å²) < 4.78 is 28.9. The smallest absolute Gasteiger partial charge is 0.300 e. The molecule has 1 aliphatic carbocycles. The maximum absolute atomic E-state index is 12.7. The van der Waals surface area contributed by atoms with E-state index in [0.29, 0.717) is 11.7 Å². The Hall–Kier alpha value is -1.90. The van der Waals surface area contributed by atoms with Crippen molar-refractivity contribution in [1.29, 1.82) is 0 Å². The van der Waals surface area contributed by atoms with Crippen LogP contribution in [-0.4, -0.2) is 44.5 Å². The number of nitrogens with zero attached hydrogens (tertiary/aromatic N) is 1. The summed E-state index contributed by atoms with van der Waals surface area (Å²) in [5, 5.41) is 7.42. The summed E-state index contributed by atoms with van der Waals surface area (Å²) in [6, 6.07) is 13.1. The van der Waals surface area contributed by atoms with Gasteiger partial charge in [0.15, 0.2) is 0 Å². The maximum Gasteiger partial charge on any atom is 0.300 e. The van der Waals surface area contributed by atoms with Crippen LogP contribution in [0.3, 0.4) is 0 Å². The lowest BCUT2D eigenvalue weighted by Crippen LogP contribution is -2.33. The molecule has 1 aliphatic rings. The molecule has 1 atom stereocenters. The van der Waals surface area contributed by atoms with Gasteiger partial charge < -0.3 is 10.0 Å². The van der Waals surface area contributed by atoms with Crippen LogP contribution in [0.15, 0.2) is 51.8 Å². The number of likely N-dealkylation sites (N-methyl/N-ethyl adjacent to an activating group) is 1. The Bertz CT molecular complexity index is 941. The fourth-order valence-corrected chi connectivity index (χ4v) is 4.85. The molecule has 2 aromatic rings. The van der Waals surface area contributed by atoms with E-state index in [1.165, 1.54) is 5.56 Å². The second kappa shape index (κ2) is 9.54. The van der Waals surface area contributed by atoms with Crippen LogP contribution >= 0.6 is 15.9 Å². The number of fused-ring (bicyclic) bond motifs is 1. The molecular formula is C20H25BrN2O4S. The van der Waals surface area contributed by atoms with E-state index in [1.54, 1.807) is 18.2 Å². The van der Waals surface area contributed by atoms with Crippen LogP contribution in [0.4, 0.5) is 5.69 Å². The van der Waals surface area contributed by atoms with E-state index in [-0.39, 0.29) is 4.90 Å². The molecule has 2 N–H and O–H groups in total. The van der Waals surface area contributed by atoms with Crippen molar-refractivity contribution in [3.05, 3.63) is 58.1 Å². The van der Waals surface area contributed by atoms with Gasteiger partial charge in [-0.1, -0.05) is 34.1 Å². The largest absolute Gasteiger partial charge is 0.481 e. The Labute approximate surface area is 174 Å². The molecule has 0 unspecified atom stereocenters. The summed E-state index contributed by atoms with van der Waals surface area (Å²) in [6.07, 6.45) is 2.87. The lowest BCUT2D eigenvalue weighted by molar-refractivity contribution is -0.134. The first-order valence-corrected chi connectivity index (χ1v) is 11.1. The quantitative estimate of drug-likeness (QED) is 0.712. The summed E-state index contributed by atoms with van der Waals surface area (Å²) >= 11 is 3.32. The molecule has 28 heavy (non-hydrogen) atoms. The van der Waals surface area contributed by atoms with Crippen molar-refractivity contribution < 1.29 is 18.3 Å². The molecule has 0 saturated heterocycles. The minimum atomic E-state index is -3.59. The van der Waals surface area contributed by atoms with Gasteiger partial charge in [-0.05, 0) is 68.8 Å². The highest BCUT2D eigenvalue weighted by Crippen LogP contribution is 2.31. The van der Waals surface area contributed by atoms with Crippen molar-refractivity contribution in [2.75, 3.05) is 18.8 Å². The van der Waals surface area contributed by atoms with Gasteiger partial charge in [-0.15, -0.1) is 0 Å². The van der Waals surface area contributed by atoms with E-state index in [0.717, 1.165) is 36.2 Å². The Morgan fingerprint density at radius 1 is 1.21 bits per heavy atom. The predicted octanol–water partition coefficient (Wildman–Crippen LogP) is 3.76. The minimum absolute atomic E-state index is 0.261. The number of hydrogen-bond acceptors (Lipinski definition) is 4. The summed E-state index contributed by atoms with van der Waals surface area (Å²) in [5.74, 6) is -0.833. The fraction of sp³-hybridized carbons (Fsp3) is 0.350. The molecule has 0 fully saturated rings. The first-order valence-electron chi connectivity index (χ1n) is 8.85. The van der Waals surface area contributed by atoms with Gasteiger partial charge in [0, 0.05) is 17.4 Å². The highest BCUT2D eigenvalue weighted by atomic mass is 79.9. The summed E-state index contributed by atoms with van der Waals surface area (Å²) in [6.45, 7) is 1.08. The third-order valence-corrected chi connectivity index (χ3v) is 6.39. The van der Waals surface area contributed by atoms with Gasteiger partial charge in [0.1, 0.15) is 0 Å². The normalized spacial score (nSPS) is 16.0. The van der Waals surface area contributed by atoms with Gasteiger partial charge in [-0.3, -0.25) is 9.52 Å². The summed E-state index contributed by atoms with van der Waals surface area (Å²) in [4.78, 5) is 11.5. The van der Waals surface area contributed by atoms with Gasteiger partial charge in [-0.2, -0.15) is 0 Å². The molecule has 2 aromatic carbocycles. The van der Waals surface area contributed by atoms with Gasteiger partial charge >= 0.3 is 0 Å². The standard InChI is InChI=1S/C18H21BrN2O2S.C2H4O2/c1-21(2)15-9-10-17-13(11-15)5-3-8-18(17)20-24(22,23)16-7-4-6-14(19)12-16;1-2(3)4/h3-8,12,15,20H,9-11H2,1-2H3;1H3,(H,3,4)/t15-;/m0./s1. The maximum atomic E-state index is 12.7. The second-order valence-corrected chi connectivity index (χ2v) is 9.48. The number of halogens is 1. The number of hydrogen-bond donors (Lipinski definition) is 2. The van der Waals surface area contributed by atoms with E-state index in [4.69, 9.17) is 9.90 Å². The number of nitrogens with one attached hydrogen (secondary N) is 1. The second-order valence-electron chi connectivity index (χ2n) is 6.89. The van der Waals surface area contributed by atoms with Crippen molar-refractivity contribution >= 4 is 37.6 Å². The van der Waals surface area contributed by atoms with E-state index in [1.807, 2.05) is 18.2 Å². The third-order valence-electron chi connectivity index (χ3n) is 4.54. The van der Waals surface area contributed by atoms with Crippen molar-refractivity contribution in [3.8, 4) is 0 Å². The Balaban J connectivity index is 0.000000640. The van der Waals surface area contributed by atoms with Gasteiger partial charge in [-0.25, -0.2) is 8.42 Å². The molecule has 0 bridgehead atoms. The molecule has 0 heterocycles. The third kappa shape index (κ3) is 6.05. The zero-order valence-corrected chi connectivity index (χ0v) is 18.5. The van der Waals surface area contributed by atoms with Crippen molar-refractivity contribution in [3.63, 3.8) is 0 Å². The molecule has 0 amide bonds. The lowest BCUT2D eigenvalue weighted by atomic mass is 9.87. The minimum Gasteiger partial charge on any atom is -0.481 e. The van der Waals surface area contributed by atoms with Crippen molar-refractivity contribution in [1.82, 2.24) is 4.90 Å². The van der Waals surface area contributed by atoms with E-state index in [9.17, 15) is 8.42 Å². The van der Waals surface area contributed by atoms with E-state index in [2.05, 4.69) is 45.7 Å². The van der Waals surface area contributed by atoms with Gasteiger partial charge in [0.25, 0.3) is 16.0 Å². The number of anilines is 1. The molecule has 0 saturated carbocycles. The Morgan fingerprint density at radius 3 is 2.46 bits per heavy atom. The average molecular weight is 469 g/mol. The fourth-order valence-electron chi connectivity index (χ4n) is 3.16. The van der Waals surface area contributed by atoms with Crippen LogP contribution in [-0.2, 0) is 27.7 Å². The van der Waals surface area contributed by atoms with E-state index < -0.39 is 16.0 Å². The molecule has 0 aromatic heterocycles. The van der Waals surface area contributed by atoms with Crippen LogP contribution in [0.25, 0.3) is 0 Å². The van der Waals surface area contributed by atoms with Crippen LogP contribution in [0.5, 0.6) is 0 Å². The molecule has 152 valence electrons. The van der Waals surface area contributed by atoms with E-state index >= 15 is 0 Å². The summed E-state index contributed by atoms with van der Waals surface area (Å²) in [5.41, 5.74) is 3.05. The molecule has 0 spiro atoms. The zero-order valence-electron chi connectivity index (χ0n) is 16.1. The topological polar surface area (TPSA) is 86.7 Å². The molecular weight excluding hydrogens is 444 g/mol. The molecule has 0 radical (unpaired) electrons. The van der Waals surface area contributed by atoms with Gasteiger partial charge in [0.05, 0.1) is 10.6 Å². The number of carboxylic acid groups (broad SMARTS) is 1. The summed E-state index contributed by atoms with van der Waals surface area (Å²) in [7, 11) is 0.596. The van der Waals surface area contributed by atoms with Crippen molar-refractivity contribution in [2.24, 2.45) is 0 Å². The van der Waals surface area contributed by atoms with Crippen molar-refractivity contribution in [2.45, 2.75) is 37.1 Å². The number of carbonyl (C=O) groups is 1. The molecule has 8 heteroatoms. The van der Waals surface area contributed by atoms with Crippen LogP contribution in [0, 0.1) is 0 Å². The Kier molecular flexibility index (Phi) is 7.63. The number of rotatable bonds is 4. The Morgan fingerprint density at radius 2 is 1.86 bits per heavy atom. The average Bonchev–Trinajstić information content (AvgIpc) is 2.61. The lowest BCUT2D eigenvalue weighted by Gasteiger charge is -2.31. The molecule has 6 nitrogen and oxygen atoms in total. The van der Waals surface area contributed by atoms with Crippen LogP contribution < -0.4 is 4.72 Å². The number of sulfonamides is 1. The molecule has 3 rings (SSSR count). The first kappa shape index (κ1) is 22.4. The highest BCUT2D eigenvalue weighted by molar-refractivity contribution is 9.10. The number of benzene rings is 2. The number of carboxylic acids is 1. The molecule has 0 aliphatic heterocycles. The predicted molar refractivity (Wildman–Crippen MR) is 114 cm³/mol. The SMILES string of the molecule is CC(=O)O.CN(C)[C@H]1CCc2c(cccc2NS(=O)(=O)c2cccc(Br)c2)C1. The number of aliphatic carboxylic acids is 1. The van der Waals surface area contributed by atoms with Gasteiger partial charge in [0.2, 0.25) is 0 Å². The zero-order chi connectivity index (χ0) is 20.9.